The molecular formula is C7H8N5. The van der Waals surface area contributed by atoms with E-state index in [2.05, 4.69) is 20.6 Å². The van der Waals surface area contributed by atoms with E-state index >= 15 is 0 Å². The van der Waals surface area contributed by atoms with Gasteiger partial charge in [-0.25, -0.2) is 5.32 Å². The van der Waals surface area contributed by atoms with Gasteiger partial charge in [-0.1, -0.05) is 0 Å². The molecule has 0 amide bonds. The first-order valence-electron chi connectivity index (χ1n) is 3.60. The SMILES string of the molecule is CC1=NN=C(c2ccnn2C)[N]1. The lowest BCUT2D eigenvalue weighted by molar-refractivity contribution is 0.757. The van der Waals surface area contributed by atoms with Crippen LogP contribution in [0.5, 0.6) is 0 Å². The van der Waals surface area contributed by atoms with Crippen LogP contribution in [0.25, 0.3) is 0 Å². The molecule has 1 radical (unpaired) electrons. The third-order valence-corrected chi connectivity index (χ3v) is 1.61. The summed E-state index contributed by atoms with van der Waals surface area (Å²) in [6.45, 7) is 1.81. The molecule has 1 aromatic rings. The third kappa shape index (κ3) is 0.990. The van der Waals surface area contributed by atoms with Gasteiger partial charge in [0.25, 0.3) is 0 Å². The summed E-state index contributed by atoms with van der Waals surface area (Å²) in [5.74, 6) is 1.32. The third-order valence-electron chi connectivity index (χ3n) is 1.61. The van der Waals surface area contributed by atoms with Crippen LogP contribution in [0.15, 0.2) is 22.5 Å². The zero-order valence-corrected chi connectivity index (χ0v) is 6.89. The lowest BCUT2D eigenvalue weighted by Gasteiger charge is -1.98. The Morgan fingerprint density at radius 3 is 2.67 bits per heavy atom. The minimum atomic E-state index is 0.632. The predicted octanol–water partition coefficient (Wildman–Crippen LogP) is 0.118. The minimum absolute atomic E-state index is 0.632. The van der Waals surface area contributed by atoms with Crippen molar-refractivity contribution in [1.82, 2.24) is 15.1 Å². The molecule has 0 aliphatic carbocycles. The van der Waals surface area contributed by atoms with Crippen molar-refractivity contribution in [2.45, 2.75) is 6.92 Å². The maximum Gasteiger partial charge on any atom is 0.201 e. The van der Waals surface area contributed by atoms with Gasteiger partial charge in [-0.3, -0.25) is 4.68 Å². The van der Waals surface area contributed by atoms with Crippen molar-refractivity contribution < 1.29 is 0 Å². The molecule has 61 valence electrons. The van der Waals surface area contributed by atoms with Gasteiger partial charge in [0.05, 0.1) is 0 Å². The number of hydrogen-bond acceptors (Lipinski definition) is 3. The Balaban J connectivity index is 2.30. The highest BCUT2D eigenvalue weighted by Gasteiger charge is 2.14. The Morgan fingerprint density at radius 2 is 2.17 bits per heavy atom. The number of hydrogen-bond donors (Lipinski definition) is 0. The van der Waals surface area contributed by atoms with Crippen LogP contribution in [0.1, 0.15) is 12.6 Å². The normalized spacial score (nSPS) is 15.5. The molecule has 2 heterocycles. The Kier molecular flexibility index (Phi) is 1.43. The summed E-state index contributed by atoms with van der Waals surface area (Å²) in [5.41, 5.74) is 0.885. The Morgan fingerprint density at radius 1 is 1.33 bits per heavy atom. The monoisotopic (exact) mass is 162 g/mol. The summed E-state index contributed by atoms with van der Waals surface area (Å²) in [7, 11) is 1.85. The molecule has 5 nitrogen and oxygen atoms in total. The molecule has 0 atom stereocenters. The van der Waals surface area contributed by atoms with E-state index in [1.165, 1.54) is 0 Å². The lowest BCUT2D eigenvalue weighted by atomic mass is 10.4. The molecule has 0 N–H and O–H groups in total. The van der Waals surface area contributed by atoms with E-state index in [1.807, 2.05) is 20.0 Å². The van der Waals surface area contributed by atoms with Gasteiger partial charge in [0.2, 0.25) is 5.84 Å². The molecule has 1 aliphatic heterocycles. The van der Waals surface area contributed by atoms with E-state index < -0.39 is 0 Å². The summed E-state index contributed by atoms with van der Waals surface area (Å²) in [4.78, 5) is 0. The maximum absolute atomic E-state index is 4.13. The topological polar surface area (TPSA) is 56.6 Å². The molecule has 0 saturated carbocycles. The average Bonchev–Trinajstić information content (AvgIpc) is 2.58. The van der Waals surface area contributed by atoms with Crippen LogP contribution in [0.4, 0.5) is 0 Å². The number of aryl methyl sites for hydroxylation is 1. The summed E-state index contributed by atoms with van der Waals surface area (Å²) in [5, 5.41) is 15.9. The second-order valence-electron chi connectivity index (χ2n) is 2.52. The zero-order valence-electron chi connectivity index (χ0n) is 6.89. The van der Waals surface area contributed by atoms with Crippen molar-refractivity contribution in [1.29, 1.82) is 0 Å². The highest BCUT2D eigenvalue weighted by molar-refractivity contribution is 6.10. The molecule has 0 fully saturated rings. The second-order valence-corrected chi connectivity index (χ2v) is 2.52. The van der Waals surface area contributed by atoms with E-state index in [1.54, 1.807) is 10.9 Å². The van der Waals surface area contributed by atoms with Crippen molar-refractivity contribution in [3.8, 4) is 0 Å². The van der Waals surface area contributed by atoms with Crippen molar-refractivity contribution in [3.63, 3.8) is 0 Å². The van der Waals surface area contributed by atoms with Crippen LogP contribution in [0.3, 0.4) is 0 Å². The standard InChI is InChI=1S/C7H8N5/c1-5-9-7(11-10-5)6-3-4-8-12(6)2/h3-4H,1-2H3. The first-order valence-corrected chi connectivity index (χ1v) is 3.60. The fourth-order valence-corrected chi connectivity index (χ4v) is 1.02. The molecule has 0 saturated heterocycles. The Hall–Kier alpha value is -1.65. The van der Waals surface area contributed by atoms with Crippen LogP contribution >= 0.6 is 0 Å². The van der Waals surface area contributed by atoms with E-state index in [0.29, 0.717) is 11.7 Å². The average molecular weight is 162 g/mol. The number of amidine groups is 2. The van der Waals surface area contributed by atoms with Gasteiger partial charge in [-0.15, -0.1) is 10.2 Å². The van der Waals surface area contributed by atoms with Gasteiger partial charge in [-0.05, 0) is 13.0 Å². The van der Waals surface area contributed by atoms with E-state index in [-0.39, 0.29) is 0 Å². The van der Waals surface area contributed by atoms with Crippen LogP contribution in [0.2, 0.25) is 0 Å². The second kappa shape index (κ2) is 2.44. The number of rotatable bonds is 1. The van der Waals surface area contributed by atoms with Gasteiger partial charge in [0.15, 0.2) is 5.84 Å². The largest absolute Gasteiger partial charge is 0.265 e. The molecule has 0 unspecified atom stereocenters. The van der Waals surface area contributed by atoms with Crippen molar-refractivity contribution in [2.75, 3.05) is 0 Å². The predicted molar refractivity (Wildman–Crippen MR) is 45.0 cm³/mol. The molecule has 5 heteroatoms. The quantitative estimate of drug-likeness (QED) is 0.578. The van der Waals surface area contributed by atoms with Gasteiger partial charge in [-0.2, -0.15) is 5.10 Å². The summed E-state index contributed by atoms with van der Waals surface area (Å²) >= 11 is 0. The van der Waals surface area contributed by atoms with E-state index in [0.717, 1.165) is 5.69 Å². The summed E-state index contributed by atoms with van der Waals surface area (Å²) < 4.78 is 1.72. The minimum Gasteiger partial charge on any atom is -0.265 e. The van der Waals surface area contributed by atoms with Crippen LogP contribution in [-0.4, -0.2) is 21.5 Å². The first kappa shape index (κ1) is 7.02. The van der Waals surface area contributed by atoms with Gasteiger partial charge in [0.1, 0.15) is 5.69 Å². The van der Waals surface area contributed by atoms with Crippen LogP contribution < -0.4 is 5.32 Å². The highest BCUT2D eigenvalue weighted by Crippen LogP contribution is 2.03. The van der Waals surface area contributed by atoms with Crippen molar-refractivity contribution in [2.24, 2.45) is 17.3 Å². The molecule has 2 rings (SSSR count). The van der Waals surface area contributed by atoms with Gasteiger partial charge in [0, 0.05) is 13.2 Å². The van der Waals surface area contributed by atoms with Crippen LogP contribution in [-0.2, 0) is 7.05 Å². The van der Waals surface area contributed by atoms with Gasteiger partial charge >= 0.3 is 0 Å². The van der Waals surface area contributed by atoms with Crippen molar-refractivity contribution in [3.05, 3.63) is 18.0 Å². The fourth-order valence-electron chi connectivity index (χ4n) is 1.02. The molecular weight excluding hydrogens is 154 g/mol. The number of aromatic nitrogens is 2. The Labute approximate surface area is 69.8 Å². The molecule has 0 aromatic carbocycles. The Bertz CT molecular complexity index is 360. The highest BCUT2D eigenvalue weighted by atomic mass is 15.4. The molecule has 12 heavy (non-hydrogen) atoms. The van der Waals surface area contributed by atoms with E-state index in [4.69, 9.17) is 0 Å². The van der Waals surface area contributed by atoms with Gasteiger partial charge < -0.3 is 0 Å². The van der Waals surface area contributed by atoms with Crippen molar-refractivity contribution >= 4 is 11.7 Å². The lowest BCUT2D eigenvalue weighted by Crippen LogP contribution is -2.19. The molecule has 0 spiro atoms. The number of nitrogens with zero attached hydrogens (tertiary/aromatic N) is 5. The van der Waals surface area contributed by atoms with E-state index in [9.17, 15) is 0 Å². The summed E-state index contributed by atoms with van der Waals surface area (Å²) in [6, 6.07) is 1.86. The maximum atomic E-state index is 4.13. The molecule has 0 bridgehead atoms. The molecule has 1 aromatic heterocycles. The first-order chi connectivity index (χ1) is 5.77. The fraction of sp³-hybridized carbons (Fsp3) is 0.286. The smallest absolute Gasteiger partial charge is 0.201 e. The zero-order chi connectivity index (χ0) is 8.55. The van der Waals surface area contributed by atoms with Crippen LogP contribution in [0, 0.1) is 0 Å². The molecule has 1 aliphatic rings. The summed E-state index contributed by atoms with van der Waals surface area (Å²) in [6.07, 6.45) is 1.71.